The van der Waals surface area contributed by atoms with E-state index in [0.717, 1.165) is 16.7 Å². The van der Waals surface area contributed by atoms with E-state index in [1.807, 2.05) is 6.08 Å². The average molecular weight is 246 g/mol. The summed E-state index contributed by atoms with van der Waals surface area (Å²) in [4.78, 5) is 4.19. The molecule has 1 aromatic rings. The van der Waals surface area contributed by atoms with Gasteiger partial charge in [-0.1, -0.05) is 11.6 Å². The van der Waals surface area contributed by atoms with Crippen LogP contribution >= 0.6 is 27.5 Å². The molecule has 1 aliphatic rings. The molecule has 2 heterocycles. The van der Waals surface area contributed by atoms with Crippen LogP contribution < -0.4 is 0 Å². The molecule has 0 fully saturated rings. The van der Waals surface area contributed by atoms with Crippen molar-refractivity contribution in [3.8, 4) is 0 Å². The van der Waals surface area contributed by atoms with Crippen molar-refractivity contribution in [2.24, 2.45) is 4.99 Å². The molecular weight excluding hydrogens is 241 g/mol. The Bertz CT molecular complexity index is 367. The van der Waals surface area contributed by atoms with Gasteiger partial charge in [0, 0.05) is 12.6 Å². The van der Waals surface area contributed by atoms with Crippen LogP contribution in [0.15, 0.2) is 21.7 Å². The van der Waals surface area contributed by atoms with Crippen molar-refractivity contribution in [3.05, 3.63) is 16.7 Å². The third kappa shape index (κ3) is 1.21. The van der Waals surface area contributed by atoms with E-state index < -0.39 is 0 Å². The van der Waals surface area contributed by atoms with Crippen LogP contribution in [0.1, 0.15) is 6.42 Å². The lowest BCUT2D eigenvalue weighted by Gasteiger charge is -1.98. The Morgan fingerprint density at radius 2 is 2.42 bits per heavy atom. The highest BCUT2D eigenvalue weighted by Gasteiger charge is 2.10. The number of aromatic nitrogens is 2. The molecule has 0 radical (unpaired) electrons. The monoisotopic (exact) mass is 245 g/mol. The van der Waals surface area contributed by atoms with Crippen LogP contribution in [0.4, 0.5) is 5.82 Å². The molecular formula is C7H5BrClN3. The van der Waals surface area contributed by atoms with Crippen LogP contribution in [0, 0.1) is 0 Å². The van der Waals surface area contributed by atoms with Gasteiger partial charge in [-0.25, -0.2) is 9.67 Å². The molecule has 0 bridgehead atoms. The van der Waals surface area contributed by atoms with Gasteiger partial charge in [-0.15, -0.1) is 0 Å². The summed E-state index contributed by atoms with van der Waals surface area (Å²) in [6.07, 6.45) is 6.08. The lowest BCUT2D eigenvalue weighted by Crippen LogP contribution is -1.91. The zero-order valence-corrected chi connectivity index (χ0v) is 8.38. The third-order valence-corrected chi connectivity index (χ3v) is 2.38. The Kier molecular flexibility index (Phi) is 2.02. The van der Waals surface area contributed by atoms with Crippen LogP contribution in [0.25, 0.3) is 5.16 Å². The van der Waals surface area contributed by atoms with Gasteiger partial charge < -0.3 is 0 Å². The van der Waals surface area contributed by atoms with Gasteiger partial charge in [0.25, 0.3) is 0 Å². The van der Waals surface area contributed by atoms with Crippen molar-refractivity contribution in [1.29, 1.82) is 0 Å². The zero-order chi connectivity index (χ0) is 8.55. The highest BCUT2D eigenvalue weighted by Crippen LogP contribution is 2.29. The second-order valence-corrected chi connectivity index (χ2v) is 3.54. The van der Waals surface area contributed by atoms with Crippen molar-refractivity contribution in [1.82, 2.24) is 9.78 Å². The Morgan fingerprint density at radius 1 is 1.58 bits per heavy atom. The van der Waals surface area contributed by atoms with Gasteiger partial charge in [-0.2, -0.15) is 5.10 Å². The molecule has 12 heavy (non-hydrogen) atoms. The van der Waals surface area contributed by atoms with E-state index in [9.17, 15) is 0 Å². The molecule has 0 unspecified atom stereocenters. The molecule has 0 atom stereocenters. The van der Waals surface area contributed by atoms with E-state index >= 15 is 0 Å². The molecule has 0 saturated heterocycles. The van der Waals surface area contributed by atoms with Crippen LogP contribution in [0.2, 0.25) is 0 Å². The Hall–Kier alpha value is -0.610. The topological polar surface area (TPSA) is 30.2 Å². The van der Waals surface area contributed by atoms with Gasteiger partial charge in [0.15, 0.2) is 5.82 Å². The SMILES string of the molecule is ClC1=CCC=Nc2c(Br)cnn21. The Balaban J connectivity index is 2.63. The number of hydrogen-bond donors (Lipinski definition) is 0. The molecule has 0 aliphatic carbocycles. The minimum Gasteiger partial charge on any atom is -0.240 e. The van der Waals surface area contributed by atoms with Crippen LogP contribution in [-0.2, 0) is 0 Å². The van der Waals surface area contributed by atoms with Crippen molar-refractivity contribution >= 4 is 44.7 Å². The van der Waals surface area contributed by atoms with E-state index in [0.29, 0.717) is 5.16 Å². The first-order valence-electron chi connectivity index (χ1n) is 3.41. The van der Waals surface area contributed by atoms with E-state index in [1.54, 1.807) is 17.1 Å². The van der Waals surface area contributed by atoms with Crippen molar-refractivity contribution in [3.63, 3.8) is 0 Å². The van der Waals surface area contributed by atoms with E-state index in [2.05, 4.69) is 26.0 Å². The molecule has 1 aliphatic heterocycles. The number of rotatable bonds is 0. The molecule has 0 amide bonds. The lowest BCUT2D eigenvalue weighted by molar-refractivity contribution is 0.924. The fourth-order valence-electron chi connectivity index (χ4n) is 0.970. The highest BCUT2D eigenvalue weighted by molar-refractivity contribution is 9.10. The Labute approximate surface area is 82.9 Å². The smallest absolute Gasteiger partial charge is 0.170 e. The van der Waals surface area contributed by atoms with Crippen molar-refractivity contribution in [2.45, 2.75) is 6.42 Å². The maximum absolute atomic E-state index is 5.93. The summed E-state index contributed by atoms with van der Waals surface area (Å²) >= 11 is 9.26. The average Bonchev–Trinajstić information content (AvgIpc) is 2.30. The molecule has 62 valence electrons. The van der Waals surface area contributed by atoms with Gasteiger partial charge in [-0.3, -0.25) is 0 Å². The number of aliphatic imine (C=N–C) groups is 1. The first kappa shape index (κ1) is 8.01. The molecule has 2 rings (SSSR count). The second-order valence-electron chi connectivity index (χ2n) is 2.30. The molecule has 3 nitrogen and oxygen atoms in total. The molecule has 0 spiro atoms. The van der Waals surface area contributed by atoms with Crippen LogP contribution in [0.5, 0.6) is 0 Å². The van der Waals surface area contributed by atoms with Gasteiger partial charge in [0.1, 0.15) is 5.16 Å². The Morgan fingerprint density at radius 3 is 3.25 bits per heavy atom. The minimum atomic E-state index is 0.591. The normalized spacial score (nSPS) is 15.3. The summed E-state index contributed by atoms with van der Waals surface area (Å²) in [6, 6.07) is 0. The maximum Gasteiger partial charge on any atom is 0.170 e. The van der Waals surface area contributed by atoms with Crippen molar-refractivity contribution < 1.29 is 0 Å². The fraction of sp³-hybridized carbons (Fsp3) is 0.143. The number of hydrogen-bond acceptors (Lipinski definition) is 2. The van der Waals surface area contributed by atoms with Gasteiger partial charge in [0.05, 0.1) is 10.7 Å². The summed E-state index contributed by atoms with van der Waals surface area (Å²) in [7, 11) is 0. The standard InChI is InChI=1S/C7H5BrClN3/c8-5-4-11-12-6(9)2-1-3-10-7(5)12/h2-4H,1H2. The predicted octanol–water partition coefficient (Wildman–Crippen LogP) is 2.79. The number of allylic oxidation sites excluding steroid dienone is 1. The minimum absolute atomic E-state index is 0.591. The zero-order valence-electron chi connectivity index (χ0n) is 6.04. The third-order valence-electron chi connectivity index (χ3n) is 1.51. The van der Waals surface area contributed by atoms with E-state index in [-0.39, 0.29) is 0 Å². The predicted molar refractivity (Wildman–Crippen MR) is 52.8 cm³/mol. The highest BCUT2D eigenvalue weighted by atomic mass is 79.9. The summed E-state index contributed by atoms with van der Waals surface area (Å²) < 4.78 is 2.45. The molecule has 0 aromatic carbocycles. The first-order valence-corrected chi connectivity index (χ1v) is 4.58. The van der Waals surface area contributed by atoms with Crippen molar-refractivity contribution in [2.75, 3.05) is 0 Å². The fourth-order valence-corrected chi connectivity index (χ4v) is 1.54. The largest absolute Gasteiger partial charge is 0.240 e. The summed E-state index contributed by atoms with van der Waals surface area (Å²) in [5.41, 5.74) is 0. The lowest BCUT2D eigenvalue weighted by atomic mass is 10.4. The molecule has 0 saturated carbocycles. The molecule has 5 heteroatoms. The van der Waals surface area contributed by atoms with Gasteiger partial charge in [0.2, 0.25) is 0 Å². The van der Waals surface area contributed by atoms with Crippen LogP contribution in [-0.4, -0.2) is 16.0 Å². The number of fused-ring (bicyclic) bond motifs is 1. The van der Waals surface area contributed by atoms with Gasteiger partial charge in [-0.05, 0) is 22.0 Å². The second kappa shape index (κ2) is 3.03. The summed E-state index contributed by atoms with van der Waals surface area (Å²) in [5, 5.41) is 4.64. The van der Waals surface area contributed by atoms with Gasteiger partial charge >= 0.3 is 0 Å². The quantitative estimate of drug-likeness (QED) is 0.692. The molecule has 1 aromatic heterocycles. The maximum atomic E-state index is 5.93. The summed E-state index contributed by atoms with van der Waals surface area (Å²) in [6.45, 7) is 0. The van der Waals surface area contributed by atoms with Crippen LogP contribution in [0.3, 0.4) is 0 Å². The first-order chi connectivity index (χ1) is 5.79. The molecule has 0 N–H and O–H groups in total. The van der Waals surface area contributed by atoms with E-state index in [1.165, 1.54) is 0 Å². The number of halogens is 2. The van der Waals surface area contributed by atoms with E-state index in [4.69, 9.17) is 11.6 Å². The summed E-state index contributed by atoms with van der Waals surface area (Å²) in [5.74, 6) is 0.744. The number of nitrogens with zero attached hydrogens (tertiary/aromatic N) is 3.